The van der Waals surface area contributed by atoms with Crippen LogP contribution in [0.4, 0.5) is 4.79 Å². The Hall–Kier alpha value is -2.95. The second-order valence-electron chi connectivity index (χ2n) is 3.93. The normalized spacial score (nSPS) is 9.80. The van der Waals surface area contributed by atoms with Crippen LogP contribution in [0.2, 0.25) is 0 Å². The van der Waals surface area contributed by atoms with Crippen LogP contribution in [-0.4, -0.2) is 23.0 Å². The van der Waals surface area contributed by atoms with Gasteiger partial charge in [0.25, 0.3) is 0 Å². The Morgan fingerprint density at radius 3 is 1.80 bits per heavy atom. The minimum atomic E-state index is -1.67. The zero-order chi connectivity index (χ0) is 14.5. The van der Waals surface area contributed by atoms with E-state index >= 15 is 0 Å². The van der Waals surface area contributed by atoms with Gasteiger partial charge in [-0.05, 0) is 12.1 Å². The number of hydrogen-bond acceptors (Lipinski definition) is 4. The number of ether oxygens (including phenoxy) is 1. The molecule has 0 aliphatic heterocycles. The molecule has 5 heteroatoms. The van der Waals surface area contributed by atoms with Crippen molar-refractivity contribution in [3.8, 4) is 0 Å². The fourth-order valence-corrected chi connectivity index (χ4v) is 1.65. The second kappa shape index (κ2) is 5.79. The molecular formula is C15H10O5. The van der Waals surface area contributed by atoms with Gasteiger partial charge in [0, 0.05) is 11.1 Å². The Labute approximate surface area is 114 Å². The number of ketones is 1. The van der Waals surface area contributed by atoms with E-state index in [0.717, 1.165) is 0 Å². The van der Waals surface area contributed by atoms with E-state index in [2.05, 4.69) is 4.74 Å². The highest BCUT2D eigenvalue weighted by atomic mass is 16.7. The zero-order valence-electron chi connectivity index (χ0n) is 10.3. The molecule has 0 spiro atoms. The third-order valence-corrected chi connectivity index (χ3v) is 2.60. The summed E-state index contributed by atoms with van der Waals surface area (Å²) in [6.07, 6.45) is -1.67. The lowest BCUT2D eigenvalue weighted by atomic mass is 10.0. The van der Waals surface area contributed by atoms with Crippen LogP contribution in [0.25, 0.3) is 0 Å². The monoisotopic (exact) mass is 270 g/mol. The molecule has 0 amide bonds. The van der Waals surface area contributed by atoms with Crippen molar-refractivity contribution in [3.05, 3.63) is 71.3 Å². The van der Waals surface area contributed by atoms with Crippen LogP contribution >= 0.6 is 0 Å². The summed E-state index contributed by atoms with van der Waals surface area (Å²) in [6, 6.07) is 14.3. The van der Waals surface area contributed by atoms with Crippen molar-refractivity contribution in [2.24, 2.45) is 0 Å². The van der Waals surface area contributed by atoms with Gasteiger partial charge in [-0.3, -0.25) is 4.79 Å². The van der Waals surface area contributed by atoms with E-state index < -0.39 is 12.1 Å². The van der Waals surface area contributed by atoms with Crippen LogP contribution < -0.4 is 0 Å². The highest BCUT2D eigenvalue weighted by Gasteiger charge is 2.13. The van der Waals surface area contributed by atoms with Crippen molar-refractivity contribution < 1.29 is 24.2 Å². The van der Waals surface area contributed by atoms with Crippen LogP contribution in [0.15, 0.2) is 54.6 Å². The summed E-state index contributed by atoms with van der Waals surface area (Å²) in [4.78, 5) is 33.7. The van der Waals surface area contributed by atoms with Crippen molar-refractivity contribution in [1.29, 1.82) is 0 Å². The van der Waals surface area contributed by atoms with E-state index in [-0.39, 0.29) is 11.3 Å². The summed E-state index contributed by atoms with van der Waals surface area (Å²) < 4.78 is 4.01. The summed E-state index contributed by atoms with van der Waals surface area (Å²) in [7, 11) is 0. The average Bonchev–Trinajstić information content (AvgIpc) is 2.47. The summed E-state index contributed by atoms with van der Waals surface area (Å²) in [5.41, 5.74) is 1.01. The fourth-order valence-electron chi connectivity index (χ4n) is 1.65. The van der Waals surface area contributed by atoms with E-state index in [0.29, 0.717) is 11.1 Å². The van der Waals surface area contributed by atoms with Crippen LogP contribution in [0, 0.1) is 0 Å². The smallest absolute Gasteiger partial charge is 0.449 e. The molecule has 0 unspecified atom stereocenters. The number of esters is 1. The summed E-state index contributed by atoms with van der Waals surface area (Å²) in [6.45, 7) is 0. The lowest BCUT2D eigenvalue weighted by Crippen LogP contribution is -2.10. The maximum Gasteiger partial charge on any atom is 0.513 e. The zero-order valence-corrected chi connectivity index (χ0v) is 10.3. The highest BCUT2D eigenvalue weighted by Crippen LogP contribution is 2.11. The predicted molar refractivity (Wildman–Crippen MR) is 69.8 cm³/mol. The van der Waals surface area contributed by atoms with Gasteiger partial charge < -0.3 is 9.84 Å². The summed E-state index contributed by atoms with van der Waals surface area (Å²) in [5.74, 6) is -1.15. The third-order valence-electron chi connectivity index (χ3n) is 2.60. The molecule has 2 rings (SSSR count). The molecule has 2 aromatic rings. The Kier molecular flexibility index (Phi) is 3.91. The van der Waals surface area contributed by atoms with Gasteiger partial charge in [0.15, 0.2) is 5.78 Å². The van der Waals surface area contributed by atoms with Gasteiger partial charge in [-0.2, -0.15) is 0 Å². The average molecular weight is 270 g/mol. The molecule has 0 aliphatic rings. The van der Waals surface area contributed by atoms with E-state index in [4.69, 9.17) is 5.11 Å². The molecule has 0 atom stereocenters. The first-order valence-corrected chi connectivity index (χ1v) is 5.73. The van der Waals surface area contributed by atoms with Crippen LogP contribution in [0.3, 0.4) is 0 Å². The quantitative estimate of drug-likeness (QED) is 0.527. The maximum atomic E-state index is 12.1. The van der Waals surface area contributed by atoms with Crippen LogP contribution in [0.1, 0.15) is 26.3 Å². The maximum absolute atomic E-state index is 12.1. The van der Waals surface area contributed by atoms with Crippen LogP contribution in [0.5, 0.6) is 0 Å². The molecule has 0 saturated carbocycles. The molecule has 0 aliphatic carbocycles. The molecular weight excluding hydrogens is 260 g/mol. The standard InChI is InChI=1S/C15H10O5/c16-13(10-4-2-1-3-5-10)11-6-8-12(9-7-11)14(17)20-15(18)19/h1-9H,(H,18,19). The number of rotatable bonds is 3. The molecule has 0 aromatic heterocycles. The first-order valence-electron chi connectivity index (χ1n) is 5.73. The molecule has 2 aromatic carbocycles. The van der Waals surface area contributed by atoms with Gasteiger partial charge in [-0.1, -0.05) is 42.5 Å². The number of carbonyl (C=O) groups excluding carboxylic acids is 2. The summed E-state index contributed by atoms with van der Waals surface area (Å²) in [5, 5.41) is 8.34. The molecule has 5 nitrogen and oxygen atoms in total. The van der Waals surface area contributed by atoms with E-state index in [1.54, 1.807) is 24.3 Å². The lowest BCUT2D eigenvalue weighted by molar-refractivity contribution is 0.0509. The lowest BCUT2D eigenvalue weighted by Gasteiger charge is -2.02. The largest absolute Gasteiger partial charge is 0.513 e. The number of hydrogen-bond donors (Lipinski definition) is 1. The van der Waals surface area contributed by atoms with E-state index in [1.165, 1.54) is 24.3 Å². The second-order valence-corrected chi connectivity index (χ2v) is 3.93. The Morgan fingerprint density at radius 1 is 0.750 bits per heavy atom. The number of carbonyl (C=O) groups is 3. The molecule has 0 saturated heterocycles. The number of benzene rings is 2. The molecule has 0 radical (unpaired) electrons. The molecule has 0 heterocycles. The predicted octanol–water partition coefficient (Wildman–Crippen LogP) is 2.75. The molecule has 1 N–H and O–H groups in total. The van der Waals surface area contributed by atoms with E-state index in [1.807, 2.05) is 6.07 Å². The Bertz CT molecular complexity index is 644. The fraction of sp³-hybridized carbons (Fsp3) is 0. The molecule has 0 bridgehead atoms. The van der Waals surface area contributed by atoms with Gasteiger partial charge in [-0.15, -0.1) is 0 Å². The molecule has 100 valence electrons. The van der Waals surface area contributed by atoms with Crippen molar-refractivity contribution in [2.45, 2.75) is 0 Å². The third kappa shape index (κ3) is 3.08. The Balaban J connectivity index is 2.18. The van der Waals surface area contributed by atoms with Crippen molar-refractivity contribution in [3.63, 3.8) is 0 Å². The van der Waals surface area contributed by atoms with Gasteiger partial charge in [0.05, 0.1) is 5.56 Å². The Morgan fingerprint density at radius 2 is 1.25 bits per heavy atom. The SMILES string of the molecule is O=C(O)OC(=O)c1ccc(C(=O)c2ccccc2)cc1. The minimum Gasteiger partial charge on any atom is -0.449 e. The minimum absolute atomic E-state index is 0.0667. The van der Waals surface area contributed by atoms with Gasteiger partial charge >= 0.3 is 12.1 Å². The van der Waals surface area contributed by atoms with Gasteiger partial charge in [-0.25, -0.2) is 9.59 Å². The van der Waals surface area contributed by atoms with Gasteiger partial charge in [0.1, 0.15) is 0 Å². The van der Waals surface area contributed by atoms with E-state index in [9.17, 15) is 14.4 Å². The van der Waals surface area contributed by atoms with Crippen molar-refractivity contribution in [2.75, 3.05) is 0 Å². The topological polar surface area (TPSA) is 80.7 Å². The highest BCUT2D eigenvalue weighted by molar-refractivity contribution is 6.09. The van der Waals surface area contributed by atoms with Crippen molar-refractivity contribution in [1.82, 2.24) is 0 Å². The number of carboxylic acid groups (broad SMARTS) is 1. The first-order chi connectivity index (χ1) is 9.58. The summed E-state index contributed by atoms with van der Waals surface area (Å²) >= 11 is 0. The van der Waals surface area contributed by atoms with Gasteiger partial charge in [0.2, 0.25) is 0 Å². The van der Waals surface area contributed by atoms with Crippen molar-refractivity contribution >= 4 is 17.9 Å². The molecule has 20 heavy (non-hydrogen) atoms. The van der Waals surface area contributed by atoms with Crippen LogP contribution in [-0.2, 0) is 4.74 Å². The first kappa shape index (κ1) is 13.5. The molecule has 0 fully saturated rings.